The minimum absolute atomic E-state index is 0.0413. The van der Waals surface area contributed by atoms with E-state index >= 15 is 0 Å². The third-order valence-electron chi connectivity index (χ3n) is 3.74. The lowest BCUT2D eigenvalue weighted by atomic mass is 9.84. The number of para-hydroxylation sites is 1. The Bertz CT molecular complexity index is 351. The molecule has 2 atom stereocenters. The Hall–Kier alpha value is -1.02. The summed E-state index contributed by atoms with van der Waals surface area (Å²) in [4.78, 5) is 5.88. The Kier molecular flexibility index (Phi) is 1.99. The first kappa shape index (κ1) is 9.22. The van der Waals surface area contributed by atoms with Gasteiger partial charge in [0.2, 0.25) is 0 Å². The van der Waals surface area contributed by atoms with Crippen LogP contribution in [0, 0.1) is 5.92 Å². The minimum Gasteiger partial charge on any atom is -0.240 e. The molecular formula is C13H17NO. The summed E-state index contributed by atoms with van der Waals surface area (Å²) in [6, 6.07) is 10.4. The highest BCUT2D eigenvalue weighted by atomic mass is 16.9. The first-order chi connectivity index (χ1) is 7.33. The molecule has 15 heavy (non-hydrogen) atoms. The summed E-state index contributed by atoms with van der Waals surface area (Å²) in [5.41, 5.74) is 1.24. The molecule has 2 heteroatoms. The largest absolute Gasteiger partial charge is 0.240 e. The van der Waals surface area contributed by atoms with Crippen molar-refractivity contribution in [2.75, 3.05) is 5.06 Å². The van der Waals surface area contributed by atoms with E-state index in [0.717, 1.165) is 0 Å². The highest BCUT2D eigenvalue weighted by molar-refractivity contribution is 5.50. The number of hydrogen-bond acceptors (Lipinski definition) is 2. The predicted molar refractivity (Wildman–Crippen MR) is 60.4 cm³/mol. The molecular weight excluding hydrogens is 186 g/mol. The lowest BCUT2D eigenvalue weighted by molar-refractivity contribution is 0.171. The van der Waals surface area contributed by atoms with Crippen molar-refractivity contribution in [2.24, 2.45) is 5.92 Å². The van der Waals surface area contributed by atoms with E-state index in [4.69, 9.17) is 4.84 Å². The maximum absolute atomic E-state index is 5.88. The van der Waals surface area contributed by atoms with E-state index in [1.54, 1.807) is 0 Å². The second kappa shape index (κ2) is 3.24. The van der Waals surface area contributed by atoms with E-state index in [2.05, 4.69) is 36.3 Å². The zero-order valence-electron chi connectivity index (χ0n) is 9.15. The lowest BCUT2D eigenvalue weighted by Crippen LogP contribution is -2.30. The van der Waals surface area contributed by atoms with Crippen LogP contribution in [0.1, 0.15) is 32.6 Å². The Balaban J connectivity index is 1.82. The lowest BCUT2D eigenvalue weighted by Gasteiger charge is -2.24. The van der Waals surface area contributed by atoms with Crippen LogP contribution < -0.4 is 5.06 Å². The molecule has 1 saturated heterocycles. The summed E-state index contributed by atoms with van der Waals surface area (Å²) < 4.78 is 0. The molecule has 3 rings (SSSR count). The van der Waals surface area contributed by atoms with Crippen LogP contribution in [0.3, 0.4) is 0 Å². The van der Waals surface area contributed by atoms with Crippen molar-refractivity contribution in [3.05, 3.63) is 30.3 Å². The van der Waals surface area contributed by atoms with Crippen LogP contribution in [0.15, 0.2) is 30.3 Å². The van der Waals surface area contributed by atoms with Crippen LogP contribution in [0.5, 0.6) is 0 Å². The molecule has 1 aromatic carbocycles. The summed E-state index contributed by atoms with van der Waals surface area (Å²) in [7, 11) is 0. The first-order valence-electron chi connectivity index (χ1n) is 5.87. The third kappa shape index (κ3) is 1.36. The monoisotopic (exact) mass is 203 g/mol. The third-order valence-corrected chi connectivity index (χ3v) is 3.74. The van der Waals surface area contributed by atoms with Gasteiger partial charge in [0.15, 0.2) is 5.72 Å². The Labute approximate surface area is 90.8 Å². The molecule has 1 heterocycles. The molecule has 1 saturated carbocycles. The molecule has 1 aliphatic carbocycles. The number of nitrogens with zero attached hydrogens (tertiary/aromatic N) is 1. The van der Waals surface area contributed by atoms with E-state index in [1.807, 2.05) is 6.07 Å². The van der Waals surface area contributed by atoms with E-state index < -0.39 is 0 Å². The topological polar surface area (TPSA) is 15.5 Å². The van der Waals surface area contributed by atoms with Gasteiger partial charge in [0.05, 0.1) is 5.69 Å². The fourth-order valence-electron chi connectivity index (χ4n) is 2.71. The summed E-state index contributed by atoms with van der Waals surface area (Å²) in [5, 5.41) is 2.11. The van der Waals surface area contributed by atoms with Crippen LogP contribution in [0.4, 0.5) is 5.69 Å². The van der Waals surface area contributed by atoms with Gasteiger partial charge >= 0.3 is 0 Å². The second-order valence-electron chi connectivity index (χ2n) is 4.71. The molecule has 0 radical (unpaired) electrons. The molecule has 2 unspecified atom stereocenters. The zero-order valence-corrected chi connectivity index (χ0v) is 9.15. The van der Waals surface area contributed by atoms with E-state index in [0.29, 0.717) is 5.92 Å². The average molecular weight is 203 g/mol. The van der Waals surface area contributed by atoms with Crippen LogP contribution in [0.2, 0.25) is 0 Å². The normalized spacial score (nSPS) is 34.5. The van der Waals surface area contributed by atoms with Crippen molar-refractivity contribution in [3.63, 3.8) is 0 Å². The summed E-state index contributed by atoms with van der Waals surface area (Å²) in [6.45, 7) is 2.31. The van der Waals surface area contributed by atoms with Crippen molar-refractivity contribution >= 4 is 5.69 Å². The van der Waals surface area contributed by atoms with Gasteiger partial charge in [-0.3, -0.25) is 0 Å². The van der Waals surface area contributed by atoms with Gasteiger partial charge in [-0.15, -0.1) is 0 Å². The van der Waals surface area contributed by atoms with Gasteiger partial charge in [0, 0.05) is 12.3 Å². The standard InChI is InChI=1S/C13H17NO/c1-11-7-5-6-10-13(11)14(15-13)12-8-3-2-4-9-12/h2-4,8-9,11H,5-7,10H2,1H3. The van der Waals surface area contributed by atoms with E-state index in [-0.39, 0.29) is 5.72 Å². The van der Waals surface area contributed by atoms with Gasteiger partial charge in [-0.2, -0.15) is 0 Å². The highest BCUT2D eigenvalue weighted by Gasteiger charge is 2.59. The molecule has 0 amide bonds. The molecule has 1 aliphatic heterocycles. The number of rotatable bonds is 1. The molecule has 2 fully saturated rings. The predicted octanol–water partition coefficient (Wildman–Crippen LogP) is 3.34. The van der Waals surface area contributed by atoms with Crippen molar-refractivity contribution in [1.82, 2.24) is 0 Å². The summed E-state index contributed by atoms with van der Waals surface area (Å²) in [6.07, 6.45) is 5.13. The van der Waals surface area contributed by atoms with Crippen LogP contribution in [-0.2, 0) is 4.84 Å². The van der Waals surface area contributed by atoms with Crippen molar-refractivity contribution in [2.45, 2.75) is 38.3 Å². The molecule has 0 bridgehead atoms. The molecule has 0 aromatic heterocycles. The SMILES string of the molecule is CC1CCCCC12ON2c1ccccc1. The fourth-order valence-corrected chi connectivity index (χ4v) is 2.71. The molecule has 2 aliphatic rings. The second-order valence-corrected chi connectivity index (χ2v) is 4.71. The Morgan fingerprint density at radius 1 is 1.27 bits per heavy atom. The molecule has 2 nitrogen and oxygen atoms in total. The van der Waals surface area contributed by atoms with Gasteiger partial charge in [-0.1, -0.05) is 31.5 Å². The molecule has 80 valence electrons. The molecule has 0 N–H and O–H groups in total. The quantitative estimate of drug-likeness (QED) is 0.650. The summed E-state index contributed by atoms with van der Waals surface area (Å²) >= 11 is 0. The van der Waals surface area contributed by atoms with E-state index in [1.165, 1.54) is 31.4 Å². The number of benzene rings is 1. The first-order valence-corrected chi connectivity index (χ1v) is 5.87. The van der Waals surface area contributed by atoms with Gasteiger partial charge in [0.1, 0.15) is 0 Å². The summed E-state index contributed by atoms with van der Waals surface area (Å²) in [5.74, 6) is 0.659. The minimum atomic E-state index is 0.0413. The Morgan fingerprint density at radius 3 is 2.80 bits per heavy atom. The maximum atomic E-state index is 5.88. The van der Waals surface area contributed by atoms with Crippen molar-refractivity contribution < 1.29 is 4.84 Å². The van der Waals surface area contributed by atoms with Crippen molar-refractivity contribution in [1.29, 1.82) is 0 Å². The zero-order chi connectivity index (χ0) is 10.3. The number of hydrogen-bond donors (Lipinski definition) is 0. The maximum Gasteiger partial charge on any atom is 0.194 e. The molecule has 1 spiro atoms. The van der Waals surface area contributed by atoms with Gasteiger partial charge < -0.3 is 0 Å². The van der Waals surface area contributed by atoms with Crippen LogP contribution in [0.25, 0.3) is 0 Å². The van der Waals surface area contributed by atoms with Gasteiger partial charge in [0.25, 0.3) is 0 Å². The Morgan fingerprint density at radius 2 is 2.07 bits per heavy atom. The smallest absolute Gasteiger partial charge is 0.194 e. The average Bonchev–Trinajstić information content (AvgIpc) is 3.00. The van der Waals surface area contributed by atoms with Gasteiger partial charge in [-0.05, 0) is 25.0 Å². The number of hydroxylamine groups is 1. The van der Waals surface area contributed by atoms with E-state index in [9.17, 15) is 0 Å². The van der Waals surface area contributed by atoms with Crippen LogP contribution in [-0.4, -0.2) is 5.72 Å². The van der Waals surface area contributed by atoms with Gasteiger partial charge in [-0.25, -0.2) is 9.90 Å². The highest BCUT2D eigenvalue weighted by Crippen LogP contribution is 2.52. The molecule has 1 aromatic rings. The fraction of sp³-hybridized carbons (Fsp3) is 0.538. The number of anilines is 1. The van der Waals surface area contributed by atoms with Crippen molar-refractivity contribution in [3.8, 4) is 0 Å². The van der Waals surface area contributed by atoms with Crippen LogP contribution >= 0.6 is 0 Å².